The van der Waals surface area contributed by atoms with Crippen molar-refractivity contribution >= 4 is 5.91 Å². The van der Waals surface area contributed by atoms with Gasteiger partial charge in [-0.25, -0.2) is 4.98 Å². The molecule has 0 radical (unpaired) electrons. The number of aromatic nitrogens is 2. The number of carbonyl (C=O) groups excluding carboxylic acids is 1. The van der Waals surface area contributed by atoms with Crippen LogP contribution in [-0.2, 0) is 7.05 Å². The van der Waals surface area contributed by atoms with Crippen molar-refractivity contribution < 1.29 is 4.79 Å². The van der Waals surface area contributed by atoms with Gasteiger partial charge < -0.3 is 9.47 Å². The van der Waals surface area contributed by atoms with E-state index in [1.165, 1.54) is 5.56 Å². The summed E-state index contributed by atoms with van der Waals surface area (Å²) in [6, 6.07) is 10.5. The molecular weight excluding hydrogens is 274 g/mol. The molecule has 1 amide bonds. The molecule has 0 unspecified atom stereocenters. The Morgan fingerprint density at radius 1 is 1.27 bits per heavy atom. The molecule has 1 atom stereocenters. The van der Waals surface area contributed by atoms with Gasteiger partial charge in [-0.1, -0.05) is 44.2 Å². The molecule has 1 aliphatic rings. The fourth-order valence-electron chi connectivity index (χ4n) is 3.53. The number of nitrogens with zero attached hydrogens (tertiary/aromatic N) is 3. The topological polar surface area (TPSA) is 38.1 Å². The summed E-state index contributed by atoms with van der Waals surface area (Å²) in [7, 11) is 1.88. The Morgan fingerprint density at radius 2 is 1.95 bits per heavy atom. The molecule has 1 aliphatic heterocycles. The molecule has 1 fully saturated rings. The van der Waals surface area contributed by atoms with Gasteiger partial charge in [0.05, 0.1) is 12.0 Å². The van der Waals surface area contributed by atoms with E-state index < -0.39 is 0 Å². The Hall–Kier alpha value is -2.10. The third kappa shape index (κ3) is 2.43. The van der Waals surface area contributed by atoms with Crippen LogP contribution in [0.4, 0.5) is 0 Å². The summed E-state index contributed by atoms with van der Waals surface area (Å²) in [5.41, 5.74) is 2.88. The van der Waals surface area contributed by atoms with Gasteiger partial charge in [0.25, 0.3) is 5.91 Å². The first kappa shape index (κ1) is 14.8. The zero-order valence-electron chi connectivity index (χ0n) is 13.7. The van der Waals surface area contributed by atoms with Crippen molar-refractivity contribution in [1.29, 1.82) is 0 Å². The van der Waals surface area contributed by atoms with Gasteiger partial charge in [0.15, 0.2) is 0 Å². The third-order valence-electron chi connectivity index (χ3n) is 4.76. The molecule has 0 N–H and O–H groups in total. The molecule has 4 nitrogen and oxygen atoms in total. The van der Waals surface area contributed by atoms with Gasteiger partial charge in [-0.05, 0) is 17.9 Å². The summed E-state index contributed by atoms with van der Waals surface area (Å²) in [5.74, 6) is 0.454. The minimum absolute atomic E-state index is 0.0729. The first-order chi connectivity index (χ1) is 10.4. The average molecular weight is 297 g/mol. The van der Waals surface area contributed by atoms with Crippen LogP contribution in [0, 0.1) is 12.3 Å². The maximum Gasteiger partial charge on any atom is 0.272 e. The van der Waals surface area contributed by atoms with Crippen molar-refractivity contribution in [2.24, 2.45) is 12.5 Å². The van der Waals surface area contributed by atoms with Crippen LogP contribution >= 0.6 is 0 Å². The summed E-state index contributed by atoms with van der Waals surface area (Å²) in [5, 5.41) is 0. The van der Waals surface area contributed by atoms with Crippen molar-refractivity contribution in [3.8, 4) is 0 Å². The molecule has 0 bridgehead atoms. The van der Waals surface area contributed by atoms with Crippen molar-refractivity contribution in [2.75, 3.05) is 13.1 Å². The van der Waals surface area contributed by atoms with Crippen LogP contribution in [0.1, 0.15) is 41.5 Å². The molecule has 2 heterocycles. The molecular formula is C18H23N3O. The summed E-state index contributed by atoms with van der Waals surface area (Å²) in [6.07, 6.45) is 1.71. The van der Waals surface area contributed by atoms with Crippen LogP contribution in [0.25, 0.3) is 0 Å². The zero-order chi connectivity index (χ0) is 15.9. The highest BCUT2D eigenvalue weighted by Crippen LogP contribution is 2.42. The van der Waals surface area contributed by atoms with Gasteiger partial charge in [-0.15, -0.1) is 0 Å². The van der Waals surface area contributed by atoms with Crippen LogP contribution in [-0.4, -0.2) is 33.4 Å². The quantitative estimate of drug-likeness (QED) is 0.854. The molecule has 0 aliphatic carbocycles. The number of hydrogen-bond donors (Lipinski definition) is 0. The van der Waals surface area contributed by atoms with E-state index in [2.05, 4.69) is 43.1 Å². The lowest BCUT2D eigenvalue weighted by atomic mass is 9.78. The smallest absolute Gasteiger partial charge is 0.272 e. The molecule has 4 heteroatoms. The van der Waals surface area contributed by atoms with E-state index >= 15 is 0 Å². The Morgan fingerprint density at radius 3 is 2.55 bits per heavy atom. The van der Waals surface area contributed by atoms with E-state index in [9.17, 15) is 4.79 Å². The van der Waals surface area contributed by atoms with Crippen LogP contribution < -0.4 is 0 Å². The fourth-order valence-corrected chi connectivity index (χ4v) is 3.53. The minimum Gasteiger partial charge on any atom is -0.336 e. The Balaban J connectivity index is 1.88. The number of benzene rings is 1. The predicted octanol–water partition coefficient (Wildman–Crippen LogP) is 2.99. The number of amides is 1. The van der Waals surface area contributed by atoms with Crippen LogP contribution in [0.2, 0.25) is 0 Å². The molecule has 1 aromatic carbocycles. The van der Waals surface area contributed by atoms with Gasteiger partial charge in [0.1, 0.15) is 5.69 Å². The first-order valence-electron chi connectivity index (χ1n) is 7.72. The number of hydrogen-bond acceptors (Lipinski definition) is 2. The van der Waals surface area contributed by atoms with Crippen LogP contribution in [0.15, 0.2) is 36.7 Å². The van der Waals surface area contributed by atoms with E-state index in [1.807, 2.05) is 29.5 Å². The third-order valence-corrected chi connectivity index (χ3v) is 4.76. The Kier molecular flexibility index (Phi) is 3.55. The molecule has 22 heavy (non-hydrogen) atoms. The second kappa shape index (κ2) is 5.27. The minimum atomic E-state index is 0.0729. The average Bonchev–Trinajstić information content (AvgIpc) is 2.98. The van der Waals surface area contributed by atoms with E-state index in [4.69, 9.17) is 0 Å². The second-order valence-corrected chi connectivity index (χ2v) is 6.93. The molecule has 3 rings (SSSR count). The SMILES string of the molecule is Cc1ncn(C)c1C(=O)N1C[C@H](c2ccccc2)C(C)(C)C1. The van der Waals surface area contributed by atoms with Gasteiger partial charge in [-0.2, -0.15) is 0 Å². The molecule has 1 aromatic heterocycles. The first-order valence-corrected chi connectivity index (χ1v) is 7.72. The van der Waals surface area contributed by atoms with Crippen molar-refractivity contribution in [1.82, 2.24) is 14.5 Å². The number of aryl methyl sites for hydroxylation is 2. The highest BCUT2D eigenvalue weighted by Gasteiger charge is 2.42. The number of rotatable bonds is 2. The van der Waals surface area contributed by atoms with E-state index in [-0.39, 0.29) is 11.3 Å². The van der Waals surface area contributed by atoms with E-state index in [0.717, 1.165) is 18.8 Å². The number of carbonyl (C=O) groups is 1. The molecule has 0 saturated carbocycles. The standard InChI is InChI=1S/C18H23N3O/c1-13-16(20(4)12-19-13)17(22)21-10-15(18(2,3)11-21)14-8-6-5-7-9-14/h5-9,12,15H,10-11H2,1-4H3/t15-/m1/s1. The maximum atomic E-state index is 12.9. The van der Waals surface area contributed by atoms with E-state index in [1.54, 1.807) is 6.33 Å². The number of imidazole rings is 1. The van der Waals surface area contributed by atoms with E-state index in [0.29, 0.717) is 11.6 Å². The lowest BCUT2D eigenvalue weighted by Gasteiger charge is -2.25. The highest BCUT2D eigenvalue weighted by atomic mass is 16.2. The molecule has 116 valence electrons. The monoisotopic (exact) mass is 297 g/mol. The van der Waals surface area contributed by atoms with Crippen molar-refractivity contribution in [3.63, 3.8) is 0 Å². The summed E-state index contributed by atoms with van der Waals surface area (Å²) >= 11 is 0. The predicted molar refractivity (Wildman–Crippen MR) is 86.8 cm³/mol. The largest absolute Gasteiger partial charge is 0.336 e. The Bertz CT molecular complexity index is 668. The number of likely N-dealkylation sites (tertiary alicyclic amines) is 1. The van der Waals surface area contributed by atoms with Gasteiger partial charge in [0.2, 0.25) is 0 Å². The molecule has 0 spiro atoms. The maximum absolute atomic E-state index is 12.9. The second-order valence-electron chi connectivity index (χ2n) is 6.93. The van der Waals surface area contributed by atoms with Crippen LogP contribution in [0.5, 0.6) is 0 Å². The summed E-state index contributed by atoms with van der Waals surface area (Å²) in [6.45, 7) is 7.92. The zero-order valence-corrected chi connectivity index (χ0v) is 13.7. The van der Waals surface area contributed by atoms with Gasteiger partial charge in [0, 0.05) is 26.1 Å². The Labute approximate surface area is 131 Å². The van der Waals surface area contributed by atoms with Crippen molar-refractivity contribution in [2.45, 2.75) is 26.7 Å². The van der Waals surface area contributed by atoms with Gasteiger partial charge >= 0.3 is 0 Å². The normalized spacial score (nSPS) is 20.4. The van der Waals surface area contributed by atoms with Gasteiger partial charge in [-0.3, -0.25) is 4.79 Å². The lowest BCUT2D eigenvalue weighted by Crippen LogP contribution is -2.32. The lowest BCUT2D eigenvalue weighted by molar-refractivity contribution is 0.0767. The molecule has 2 aromatic rings. The van der Waals surface area contributed by atoms with Crippen molar-refractivity contribution in [3.05, 3.63) is 53.6 Å². The summed E-state index contributed by atoms with van der Waals surface area (Å²) in [4.78, 5) is 19.1. The van der Waals surface area contributed by atoms with Crippen LogP contribution in [0.3, 0.4) is 0 Å². The molecule has 1 saturated heterocycles. The fraction of sp³-hybridized carbons (Fsp3) is 0.444. The highest BCUT2D eigenvalue weighted by molar-refractivity contribution is 5.94. The summed E-state index contributed by atoms with van der Waals surface area (Å²) < 4.78 is 1.82.